The predicted molar refractivity (Wildman–Crippen MR) is 68.7 cm³/mol. The molecule has 0 heterocycles. The zero-order valence-corrected chi connectivity index (χ0v) is 11.6. The summed E-state index contributed by atoms with van der Waals surface area (Å²) in [7, 11) is 4.02. The highest BCUT2D eigenvalue weighted by Crippen LogP contribution is 2.24. The molecule has 0 aliphatic heterocycles. The fraction of sp³-hybridized carbons (Fsp3) is 0.333. The van der Waals surface area contributed by atoms with Gasteiger partial charge < -0.3 is 4.90 Å². The molecule has 0 atom stereocenters. The predicted octanol–water partition coefficient (Wildman–Crippen LogP) is 3.88. The van der Waals surface area contributed by atoms with Crippen LogP contribution in [0.5, 0.6) is 0 Å². The molecule has 0 aliphatic rings. The number of hydrogen-bond acceptors (Lipinski definition) is 1. The van der Waals surface area contributed by atoms with Crippen molar-refractivity contribution in [2.24, 2.45) is 0 Å². The fourth-order valence-corrected chi connectivity index (χ4v) is 1.71. The van der Waals surface area contributed by atoms with E-state index in [0.717, 1.165) is 10.4 Å². The maximum Gasteiger partial charge on any atom is 0.0426 e. The highest BCUT2D eigenvalue weighted by Gasteiger charge is 2.03. The second kappa shape index (κ2) is 5.89. The number of anilines is 1. The van der Waals surface area contributed by atoms with Gasteiger partial charge in [-0.15, -0.1) is 17.0 Å². The Morgan fingerprint density at radius 2 is 2.00 bits per heavy atom. The van der Waals surface area contributed by atoms with Gasteiger partial charge in [-0.2, -0.15) is 0 Å². The van der Waals surface area contributed by atoms with Gasteiger partial charge in [0.05, 0.1) is 0 Å². The van der Waals surface area contributed by atoms with Crippen LogP contribution in [0.4, 0.5) is 5.69 Å². The van der Waals surface area contributed by atoms with Crippen LogP contribution in [0.2, 0.25) is 5.02 Å². The fourth-order valence-electron chi connectivity index (χ4n) is 1.07. The smallest absolute Gasteiger partial charge is 0.0426 e. The SMILES string of the molecule is Br.CN(C)c1cc(Cl)ccc1CBr. The third kappa shape index (κ3) is 3.49. The minimum absolute atomic E-state index is 0. The van der Waals surface area contributed by atoms with Crippen molar-refractivity contribution in [1.82, 2.24) is 0 Å². The second-order valence-electron chi connectivity index (χ2n) is 2.80. The van der Waals surface area contributed by atoms with Gasteiger partial charge in [0.1, 0.15) is 0 Å². The van der Waals surface area contributed by atoms with Gasteiger partial charge >= 0.3 is 0 Å². The van der Waals surface area contributed by atoms with E-state index in [0.29, 0.717) is 0 Å². The molecular weight excluding hydrogens is 317 g/mol. The highest BCUT2D eigenvalue weighted by atomic mass is 79.9. The number of rotatable bonds is 2. The summed E-state index contributed by atoms with van der Waals surface area (Å²) in [5.74, 6) is 0. The average molecular weight is 329 g/mol. The third-order valence-electron chi connectivity index (χ3n) is 1.67. The highest BCUT2D eigenvalue weighted by molar-refractivity contribution is 9.08. The van der Waals surface area contributed by atoms with Crippen LogP contribution in [0, 0.1) is 0 Å². The van der Waals surface area contributed by atoms with Crippen LogP contribution in [-0.2, 0) is 5.33 Å². The number of halogens is 3. The molecule has 0 bridgehead atoms. The Kier molecular flexibility index (Phi) is 6.01. The van der Waals surface area contributed by atoms with Crippen molar-refractivity contribution >= 4 is 50.2 Å². The van der Waals surface area contributed by atoms with Crippen LogP contribution < -0.4 is 4.90 Å². The molecule has 1 aromatic carbocycles. The molecule has 0 saturated heterocycles. The van der Waals surface area contributed by atoms with Gasteiger partial charge in [-0.05, 0) is 17.7 Å². The Labute approximate surface area is 103 Å². The lowest BCUT2D eigenvalue weighted by Crippen LogP contribution is -2.10. The lowest BCUT2D eigenvalue weighted by Gasteiger charge is -2.16. The largest absolute Gasteiger partial charge is 0.377 e. The summed E-state index contributed by atoms with van der Waals surface area (Å²) in [5, 5.41) is 1.64. The number of hydrogen-bond donors (Lipinski definition) is 0. The van der Waals surface area contributed by atoms with Gasteiger partial charge in [-0.1, -0.05) is 33.6 Å². The first kappa shape index (κ1) is 13.3. The van der Waals surface area contributed by atoms with Gasteiger partial charge in [-0.3, -0.25) is 0 Å². The zero-order chi connectivity index (χ0) is 9.14. The quantitative estimate of drug-likeness (QED) is 0.744. The van der Waals surface area contributed by atoms with E-state index in [4.69, 9.17) is 11.6 Å². The van der Waals surface area contributed by atoms with Crippen molar-refractivity contribution in [3.8, 4) is 0 Å². The Morgan fingerprint density at radius 3 is 2.46 bits per heavy atom. The van der Waals surface area contributed by atoms with Crippen molar-refractivity contribution < 1.29 is 0 Å². The summed E-state index contributed by atoms with van der Waals surface area (Å²) in [6.45, 7) is 0. The van der Waals surface area contributed by atoms with E-state index in [1.807, 2.05) is 32.3 Å². The van der Waals surface area contributed by atoms with Gasteiger partial charge in [0, 0.05) is 30.1 Å². The van der Waals surface area contributed by atoms with Gasteiger partial charge in [0.2, 0.25) is 0 Å². The van der Waals surface area contributed by atoms with Crippen LogP contribution in [0.15, 0.2) is 18.2 Å². The van der Waals surface area contributed by atoms with Crippen LogP contribution in [0.1, 0.15) is 5.56 Å². The maximum atomic E-state index is 5.88. The molecular formula is C9H12Br2ClN. The minimum Gasteiger partial charge on any atom is -0.377 e. The van der Waals surface area contributed by atoms with E-state index < -0.39 is 0 Å². The molecule has 0 amide bonds. The number of nitrogens with zero attached hydrogens (tertiary/aromatic N) is 1. The van der Waals surface area contributed by atoms with Gasteiger partial charge in [0.15, 0.2) is 0 Å². The molecule has 74 valence electrons. The summed E-state index contributed by atoms with van der Waals surface area (Å²) in [6, 6.07) is 5.91. The van der Waals surface area contributed by atoms with E-state index in [9.17, 15) is 0 Å². The molecule has 0 aliphatic carbocycles. The molecule has 1 aromatic rings. The lowest BCUT2D eigenvalue weighted by molar-refractivity contribution is 1.11. The van der Waals surface area contributed by atoms with Crippen LogP contribution in [-0.4, -0.2) is 14.1 Å². The summed E-state index contributed by atoms with van der Waals surface area (Å²) in [4.78, 5) is 2.06. The molecule has 0 aromatic heterocycles. The molecule has 0 unspecified atom stereocenters. The third-order valence-corrected chi connectivity index (χ3v) is 2.51. The lowest BCUT2D eigenvalue weighted by atomic mass is 10.2. The molecule has 0 fully saturated rings. The van der Waals surface area contributed by atoms with Crippen molar-refractivity contribution in [2.75, 3.05) is 19.0 Å². The first-order chi connectivity index (χ1) is 5.65. The molecule has 0 saturated carbocycles. The normalized spacial score (nSPS) is 9.23. The molecule has 4 heteroatoms. The Bertz CT molecular complexity index is 276. The Balaban J connectivity index is 0.00000144. The molecule has 0 radical (unpaired) electrons. The summed E-state index contributed by atoms with van der Waals surface area (Å²) in [6.07, 6.45) is 0. The number of alkyl halides is 1. The van der Waals surface area contributed by atoms with Crippen molar-refractivity contribution in [3.05, 3.63) is 28.8 Å². The molecule has 1 rings (SSSR count). The maximum absolute atomic E-state index is 5.88. The second-order valence-corrected chi connectivity index (χ2v) is 3.80. The first-order valence-electron chi connectivity index (χ1n) is 3.67. The van der Waals surface area contributed by atoms with Gasteiger partial charge in [0.25, 0.3) is 0 Å². The van der Waals surface area contributed by atoms with Crippen molar-refractivity contribution in [3.63, 3.8) is 0 Å². The molecule has 0 N–H and O–H groups in total. The minimum atomic E-state index is 0. The van der Waals surface area contributed by atoms with Crippen LogP contribution in [0.3, 0.4) is 0 Å². The Morgan fingerprint density at radius 1 is 1.38 bits per heavy atom. The van der Waals surface area contributed by atoms with E-state index in [2.05, 4.69) is 20.8 Å². The summed E-state index contributed by atoms with van der Waals surface area (Å²) >= 11 is 9.31. The first-order valence-corrected chi connectivity index (χ1v) is 5.17. The standard InChI is InChI=1S/C9H11BrClN.BrH/c1-12(2)9-5-8(11)4-3-7(9)6-10;/h3-5H,6H2,1-2H3;1H. The number of benzene rings is 1. The van der Waals surface area contributed by atoms with E-state index in [-0.39, 0.29) is 17.0 Å². The molecule has 1 nitrogen and oxygen atoms in total. The van der Waals surface area contributed by atoms with Crippen molar-refractivity contribution in [2.45, 2.75) is 5.33 Å². The molecule has 13 heavy (non-hydrogen) atoms. The topological polar surface area (TPSA) is 3.24 Å². The van der Waals surface area contributed by atoms with E-state index >= 15 is 0 Å². The van der Waals surface area contributed by atoms with E-state index in [1.54, 1.807) is 0 Å². The van der Waals surface area contributed by atoms with E-state index in [1.165, 1.54) is 11.3 Å². The van der Waals surface area contributed by atoms with Crippen LogP contribution in [0.25, 0.3) is 0 Å². The van der Waals surface area contributed by atoms with Gasteiger partial charge in [-0.25, -0.2) is 0 Å². The van der Waals surface area contributed by atoms with Crippen LogP contribution >= 0.6 is 44.5 Å². The average Bonchev–Trinajstić information content (AvgIpc) is 2.04. The Hall–Kier alpha value is 0.270. The summed E-state index contributed by atoms with van der Waals surface area (Å²) < 4.78 is 0. The monoisotopic (exact) mass is 327 g/mol. The van der Waals surface area contributed by atoms with Crippen molar-refractivity contribution in [1.29, 1.82) is 0 Å². The summed E-state index contributed by atoms with van der Waals surface area (Å²) in [5.41, 5.74) is 2.42. The zero-order valence-electron chi connectivity index (χ0n) is 7.55. The molecule has 0 spiro atoms.